The first-order valence-corrected chi connectivity index (χ1v) is 5.95. The van der Waals surface area contributed by atoms with E-state index >= 15 is 0 Å². The Morgan fingerprint density at radius 1 is 1.30 bits per heavy atom. The van der Waals surface area contributed by atoms with Gasteiger partial charge >= 0.3 is 5.97 Å². The van der Waals surface area contributed by atoms with Crippen LogP contribution in [0, 0.1) is 13.8 Å². The van der Waals surface area contributed by atoms with Crippen LogP contribution in [0.4, 0.5) is 0 Å². The van der Waals surface area contributed by atoms with Crippen LogP contribution < -0.4 is 0 Å². The first-order chi connectivity index (χ1) is 9.56. The lowest BCUT2D eigenvalue weighted by Gasteiger charge is -2.01. The lowest BCUT2D eigenvalue weighted by Crippen LogP contribution is -1.98. The van der Waals surface area contributed by atoms with Crippen molar-refractivity contribution in [2.45, 2.75) is 13.8 Å². The van der Waals surface area contributed by atoms with E-state index in [0.717, 1.165) is 11.3 Å². The summed E-state index contributed by atoms with van der Waals surface area (Å²) < 4.78 is 0. The fourth-order valence-corrected chi connectivity index (χ4v) is 2.01. The van der Waals surface area contributed by atoms with Crippen molar-refractivity contribution in [3.05, 3.63) is 35.3 Å². The van der Waals surface area contributed by atoms with Crippen molar-refractivity contribution in [3.63, 3.8) is 0 Å². The fraction of sp³-hybridized carbons (Fsp3) is 0.154. The van der Waals surface area contributed by atoms with E-state index < -0.39 is 5.97 Å². The predicted octanol–water partition coefficient (Wildman–Crippen LogP) is 1.73. The highest BCUT2D eigenvalue weighted by Gasteiger charge is 2.15. The molecule has 20 heavy (non-hydrogen) atoms. The number of aryl methyl sites for hydroxylation is 2. The number of carboxylic acids is 1. The number of fused-ring (bicyclic) bond motifs is 1. The second-order valence-corrected chi connectivity index (χ2v) is 4.43. The van der Waals surface area contributed by atoms with Crippen LogP contribution in [0.1, 0.15) is 21.7 Å². The lowest BCUT2D eigenvalue weighted by molar-refractivity contribution is 0.0698. The average molecular weight is 269 g/mol. The first kappa shape index (κ1) is 12.2. The van der Waals surface area contributed by atoms with Gasteiger partial charge in [0.1, 0.15) is 5.82 Å². The molecule has 3 rings (SSSR count). The summed E-state index contributed by atoms with van der Waals surface area (Å²) in [5, 5.41) is 17.2. The van der Waals surface area contributed by atoms with Gasteiger partial charge in [-0.25, -0.2) is 14.8 Å². The van der Waals surface area contributed by atoms with Crippen LogP contribution in [0.5, 0.6) is 0 Å². The Balaban J connectivity index is 2.26. The maximum atomic E-state index is 11.2. The number of hydrogen-bond donors (Lipinski definition) is 2. The molecule has 0 aliphatic carbocycles. The third-order valence-electron chi connectivity index (χ3n) is 2.98. The molecule has 7 heteroatoms. The summed E-state index contributed by atoms with van der Waals surface area (Å²) in [6.07, 6.45) is 1.43. The molecule has 0 spiro atoms. The zero-order chi connectivity index (χ0) is 14.3. The van der Waals surface area contributed by atoms with Gasteiger partial charge < -0.3 is 10.1 Å². The van der Waals surface area contributed by atoms with Crippen molar-refractivity contribution < 1.29 is 9.90 Å². The van der Waals surface area contributed by atoms with Gasteiger partial charge in [0.25, 0.3) is 0 Å². The summed E-state index contributed by atoms with van der Waals surface area (Å²) in [6, 6.07) is 3.29. The molecule has 2 N–H and O–H groups in total. The number of aromatic amines is 1. The van der Waals surface area contributed by atoms with E-state index in [0.29, 0.717) is 22.7 Å². The van der Waals surface area contributed by atoms with Gasteiger partial charge in [-0.15, -0.1) is 0 Å². The topological polar surface area (TPSA) is 105 Å². The highest BCUT2D eigenvalue weighted by atomic mass is 16.4. The van der Waals surface area contributed by atoms with Crippen LogP contribution in [-0.2, 0) is 0 Å². The van der Waals surface area contributed by atoms with Crippen molar-refractivity contribution in [2.75, 3.05) is 0 Å². The van der Waals surface area contributed by atoms with Gasteiger partial charge in [-0.1, -0.05) is 0 Å². The van der Waals surface area contributed by atoms with E-state index in [1.807, 2.05) is 19.9 Å². The summed E-state index contributed by atoms with van der Waals surface area (Å²) in [4.78, 5) is 22.6. The van der Waals surface area contributed by atoms with Gasteiger partial charge in [0, 0.05) is 11.8 Å². The highest BCUT2D eigenvalue weighted by Crippen LogP contribution is 2.23. The second-order valence-electron chi connectivity index (χ2n) is 4.43. The molecule has 0 fully saturated rings. The Labute approximate surface area is 113 Å². The Morgan fingerprint density at radius 2 is 2.10 bits per heavy atom. The molecule has 0 amide bonds. The quantitative estimate of drug-likeness (QED) is 0.734. The van der Waals surface area contributed by atoms with Gasteiger partial charge in [0.15, 0.2) is 5.65 Å². The number of pyridine rings is 1. The van der Waals surface area contributed by atoms with Crippen molar-refractivity contribution in [1.82, 2.24) is 25.1 Å². The van der Waals surface area contributed by atoms with Crippen LogP contribution in [0.15, 0.2) is 18.3 Å². The smallest absolute Gasteiger partial charge is 0.338 e. The number of hydrogen-bond acceptors (Lipinski definition) is 5. The van der Waals surface area contributed by atoms with Gasteiger partial charge in [-0.3, -0.25) is 0 Å². The number of aromatic nitrogens is 5. The molecular weight excluding hydrogens is 258 g/mol. The molecule has 0 saturated heterocycles. The van der Waals surface area contributed by atoms with E-state index in [-0.39, 0.29) is 5.56 Å². The molecule has 0 aliphatic rings. The van der Waals surface area contributed by atoms with Crippen LogP contribution in [0.3, 0.4) is 0 Å². The van der Waals surface area contributed by atoms with Crippen molar-refractivity contribution in [1.29, 1.82) is 0 Å². The summed E-state index contributed by atoms with van der Waals surface area (Å²) in [6.45, 7) is 3.65. The van der Waals surface area contributed by atoms with Crippen LogP contribution in [-0.4, -0.2) is 36.2 Å². The molecular formula is C13H11N5O2. The summed E-state index contributed by atoms with van der Waals surface area (Å²) in [7, 11) is 0. The molecule has 7 nitrogen and oxygen atoms in total. The van der Waals surface area contributed by atoms with E-state index in [4.69, 9.17) is 5.11 Å². The fourth-order valence-electron chi connectivity index (χ4n) is 2.01. The monoisotopic (exact) mass is 269 g/mol. The molecule has 0 saturated carbocycles. The molecule has 0 radical (unpaired) electrons. The zero-order valence-corrected chi connectivity index (χ0v) is 10.9. The first-order valence-electron chi connectivity index (χ1n) is 5.95. The number of H-pyrrole nitrogens is 1. The van der Waals surface area contributed by atoms with Crippen molar-refractivity contribution in [3.8, 4) is 11.4 Å². The maximum absolute atomic E-state index is 11.2. The van der Waals surface area contributed by atoms with Gasteiger partial charge in [0.05, 0.1) is 22.5 Å². The molecule has 3 aromatic rings. The summed E-state index contributed by atoms with van der Waals surface area (Å²) >= 11 is 0. The Morgan fingerprint density at radius 3 is 2.85 bits per heavy atom. The van der Waals surface area contributed by atoms with E-state index in [1.54, 1.807) is 0 Å². The number of nitrogens with zero attached hydrogens (tertiary/aromatic N) is 4. The van der Waals surface area contributed by atoms with Gasteiger partial charge in [-0.05, 0) is 26.0 Å². The van der Waals surface area contributed by atoms with Crippen LogP contribution in [0.2, 0.25) is 0 Å². The highest BCUT2D eigenvalue weighted by molar-refractivity contribution is 6.00. The molecule has 0 aromatic carbocycles. The van der Waals surface area contributed by atoms with Crippen molar-refractivity contribution >= 4 is 17.1 Å². The maximum Gasteiger partial charge on any atom is 0.338 e. The molecule has 0 bridgehead atoms. The average Bonchev–Trinajstić information content (AvgIpc) is 2.84. The molecule has 100 valence electrons. The second kappa shape index (κ2) is 4.37. The molecule has 0 unspecified atom stereocenters. The molecule has 0 aliphatic heterocycles. The largest absolute Gasteiger partial charge is 0.478 e. The number of rotatable bonds is 2. The lowest BCUT2D eigenvalue weighted by atomic mass is 10.2. The molecule has 3 aromatic heterocycles. The van der Waals surface area contributed by atoms with Crippen LogP contribution in [0.25, 0.3) is 22.6 Å². The normalized spacial score (nSPS) is 10.9. The molecule has 0 atom stereocenters. The van der Waals surface area contributed by atoms with Crippen LogP contribution >= 0.6 is 0 Å². The summed E-state index contributed by atoms with van der Waals surface area (Å²) in [5.41, 5.74) is 3.18. The number of imidazole rings is 1. The minimum absolute atomic E-state index is 0.144. The van der Waals surface area contributed by atoms with E-state index in [9.17, 15) is 4.79 Å². The SMILES string of the molecule is Cc1cc(-c2nc3nccc(C(=O)O)c3[nH]2)c(C)nn1. The van der Waals surface area contributed by atoms with Gasteiger partial charge in [0.2, 0.25) is 0 Å². The number of carbonyl (C=O) groups is 1. The van der Waals surface area contributed by atoms with Crippen molar-refractivity contribution in [2.24, 2.45) is 0 Å². The number of carboxylic acid groups (broad SMARTS) is 1. The Bertz CT molecular complexity index is 825. The number of aromatic carboxylic acids is 1. The molecule has 3 heterocycles. The summed E-state index contributed by atoms with van der Waals surface area (Å²) in [5.74, 6) is -0.481. The third-order valence-corrected chi connectivity index (χ3v) is 2.98. The van der Waals surface area contributed by atoms with E-state index in [1.165, 1.54) is 12.3 Å². The zero-order valence-electron chi connectivity index (χ0n) is 10.9. The Kier molecular flexibility index (Phi) is 2.67. The minimum atomic E-state index is -1.02. The standard InChI is InChI=1S/C13H11N5O2/c1-6-5-9(7(2)18-17-6)11-15-10-8(13(19)20)3-4-14-12(10)16-11/h3-5H,1-2H3,(H,19,20)(H,14,15,16). The Hall–Kier alpha value is -2.83. The van der Waals surface area contributed by atoms with E-state index in [2.05, 4.69) is 25.1 Å². The number of nitrogens with one attached hydrogen (secondary N) is 1. The minimum Gasteiger partial charge on any atom is -0.478 e. The predicted molar refractivity (Wildman–Crippen MR) is 71.3 cm³/mol. The van der Waals surface area contributed by atoms with Gasteiger partial charge in [-0.2, -0.15) is 10.2 Å². The third kappa shape index (κ3) is 1.89.